The largest absolute Gasteiger partial charge is 0.495 e. The Kier molecular flexibility index (Phi) is 7.26. The highest BCUT2D eigenvalue weighted by Gasteiger charge is 2.51. The zero-order valence-electron chi connectivity index (χ0n) is 20.4. The van der Waals surface area contributed by atoms with Crippen LogP contribution in [0.5, 0.6) is 5.75 Å². The van der Waals surface area contributed by atoms with Crippen LogP contribution in [0.25, 0.3) is 0 Å². The summed E-state index contributed by atoms with van der Waals surface area (Å²) in [5.41, 5.74) is 22.0. The van der Waals surface area contributed by atoms with Gasteiger partial charge in [0, 0.05) is 30.4 Å². The molecule has 5 fully saturated rings. The number of nitrogens with one attached hydrogen (secondary N) is 1. The number of hydrogen-bond acceptors (Lipinski definition) is 9. The molecule has 0 aliphatic carbocycles. The van der Waals surface area contributed by atoms with Crippen LogP contribution < -0.4 is 32.2 Å². The molecule has 6 atom stereocenters. The molecule has 0 saturated carbocycles. The Hall–Kier alpha value is -1.17. The maximum atomic E-state index is 7.10. The molecule has 0 aromatic heterocycles. The number of halogens is 1. The lowest BCUT2D eigenvalue weighted by molar-refractivity contribution is -0.138. The van der Waals surface area contributed by atoms with E-state index in [0.717, 1.165) is 31.6 Å². The number of piperidine rings is 3. The van der Waals surface area contributed by atoms with Crippen LogP contribution in [0.15, 0.2) is 18.2 Å². The molecule has 6 rings (SSSR count). The van der Waals surface area contributed by atoms with Gasteiger partial charge in [-0.25, -0.2) is 9.80 Å². The number of hydrogen-bond donors (Lipinski definition) is 4. The number of ether oxygens (including phenoxy) is 1. The Morgan fingerprint density at radius 2 is 1.88 bits per heavy atom. The van der Waals surface area contributed by atoms with Crippen LogP contribution in [-0.2, 0) is 0 Å². The first kappa shape index (κ1) is 24.5. The van der Waals surface area contributed by atoms with Crippen molar-refractivity contribution in [3.63, 3.8) is 0 Å². The van der Waals surface area contributed by atoms with Gasteiger partial charge in [0.1, 0.15) is 24.6 Å². The molecule has 5 aliphatic rings. The van der Waals surface area contributed by atoms with Crippen LogP contribution in [0, 0.1) is 5.92 Å². The van der Waals surface area contributed by atoms with Crippen LogP contribution in [0.4, 0.5) is 5.69 Å². The first-order valence-corrected chi connectivity index (χ1v) is 13.2. The molecule has 5 heterocycles. The van der Waals surface area contributed by atoms with Crippen LogP contribution >= 0.6 is 11.6 Å². The van der Waals surface area contributed by atoms with Crippen molar-refractivity contribution in [1.29, 1.82) is 0 Å². The second kappa shape index (κ2) is 10.1. The Labute approximate surface area is 208 Å². The van der Waals surface area contributed by atoms with Crippen molar-refractivity contribution in [1.82, 2.24) is 20.0 Å². The Bertz CT molecular complexity index is 828. The van der Waals surface area contributed by atoms with Gasteiger partial charge < -0.3 is 25.6 Å². The number of rotatable bonds is 6. The summed E-state index contributed by atoms with van der Waals surface area (Å²) in [7, 11) is 1.62. The summed E-state index contributed by atoms with van der Waals surface area (Å²) in [5.74, 6) is 1.23. The summed E-state index contributed by atoms with van der Waals surface area (Å²) in [6.07, 6.45) is 4.39. The second-order valence-electron chi connectivity index (χ2n) is 10.2. The molecule has 0 spiro atoms. The summed E-state index contributed by atoms with van der Waals surface area (Å²) in [6.45, 7) is 6.62. The predicted octanol–water partition coefficient (Wildman–Crippen LogP) is 1.12. The third kappa shape index (κ3) is 4.20. The van der Waals surface area contributed by atoms with Gasteiger partial charge in [-0.1, -0.05) is 18.5 Å². The second-order valence-corrected chi connectivity index (χ2v) is 10.7. The summed E-state index contributed by atoms with van der Waals surface area (Å²) >= 11 is 6.54. The molecule has 34 heavy (non-hydrogen) atoms. The highest BCUT2D eigenvalue weighted by atomic mass is 35.5. The molecular formula is C24H41ClN8O. The Balaban J connectivity index is 1.54. The molecule has 6 unspecified atom stereocenters. The minimum atomic E-state index is -0.473. The minimum absolute atomic E-state index is 0.208. The summed E-state index contributed by atoms with van der Waals surface area (Å²) in [6, 6.07) is 6.64. The maximum Gasteiger partial charge on any atom is 0.139 e. The molecular weight excluding hydrogens is 452 g/mol. The lowest BCUT2D eigenvalue weighted by Crippen LogP contribution is -2.83. The molecule has 9 nitrogen and oxygen atoms in total. The number of nitrogens with zero attached hydrogens (tertiary/aromatic N) is 4. The van der Waals surface area contributed by atoms with Gasteiger partial charge in [0.05, 0.1) is 12.1 Å². The van der Waals surface area contributed by atoms with Crippen molar-refractivity contribution in [2.75, 3.05) is 38.2 Å². The fourth-order valence-electron chi connectivity index (χ4n) is 6.83. The van der Waals surface area contributed by atoms with Crippen molar-refractivity contribution in [3.05, 3.63) is 23.2 Å². The van der Waals surface area contributed by atoms with E-state index < -0.39 is 12.6 Å². The SMILES string of the molecule is CCC(C1CCCN1)N1C(N)N(c2ccc(OC)c(Cl)c2)C(N)N(C2CN3CCC2CC3)C1N. The van der Waals surface area contributed by atoms with E-state index in [2.05, 4.69) is 31.8 Å². The van der Waals surface area contributed by atoms with E-state index in [4.69, 9.17) is 33.5 Å². The van der Waals surface area contributed by atoms with Crippen LogP contribution in [0.1, 0.15) is 39.0 Å². The molecule has 0 radical (unpaired) electrons. The van der Waals surface area contributed by atoms with Gasteiger partial charge in [-0.3, -0.25) is 11.5 Å². The highest BCUT2D eigenvalue weighted by Crippen LogP contribution is 2.39. The highest BCUT2D eigenvalue weighted by molar-refractivity contribution is 6.32. The molecule has 5 aliphatic heterocycles. The predicted molar refractivity (Wildman–Crippen MR) is 136 cm³/mol. The molecule has 0 amide bonds. The first-order chi connectivity index (χ1) is 16.4. The van der Waals surface area contributed by atoms with E-state index in [0.29, 0.717) is 28.8 Å². The van der Waals surface area contributed by atoms with Crippen LogP contribution in [-0.4, -0.2) is 85.0 Å². The molecule has 190 valence electrons. The van der Waals surface area contributed by atoms with Gasteiger partial charge in [0.15, 0.2) is 0 Å². The van der Waals surface area contributed by atoms with Crippen LogP contribution in [0.2, 0.25) is 5.02 Å². The first-order valence-electron chi connectivity index (χ1n) is 12.8. The fraction of sp³-hybridized carbons (Fsp3) is 0.750. The average molecular weight is 493 g/mol. The van der Waals surface area contributed by atoms with E-state index >= 15 is 0 Å². The lowest BCUT2D eigenvalue weighted by atomic mass is 9.83. The summed E-state index contributed by atoms with van der Waals surface area (Å²) < 4.78 is 5.38. The number of methoxy groups -OCH3 is 1. The third-order valence-electron chi connectivity index (χ3n) is 8.59. The van der Waals surface area contributed by atoms with Crippen molar-refractivity contribution in [2.45, 2.75) is 76.0 Å². The number of nitrogens with two attached hydrogens (primary N) is 3. The number of anilines is 1. The molecule has 1 aromatic rings. The molecule has 7 N–H and O–H groups in total. The number of fused-ring (bicyclic) bond motifs is 3. The van der Waals surface area contributed by atoms with Crippen molar-refractivity contribution < 1.29 is 4.74 Å². The smallest absolute Gasteiger partial charge is 0.139 e. The van der Waals surface area contributed by atoms with Gasteiger partial charge >= 0.3 is 0 Å². The van der Waals surface area contributed by atoms with Gasteiger partial charge in [0.25, 0.3) is 0 Å². The normalized spacial score (nSPS) is 37.8. The van der Waals surface area contributed by atoms with Crippen molar-refractivity contribution in [2.24, 2.45) is 23.1 Å². The van der Waals surface area contributed by atoms with E-state index in [1.165, 1.54) is 32.4 Å². The fourth-order valence-corrected chi connectivity index (χ4v) is 7.08. The molecule has 1 aromatic carbocycles. The van der Waals surface area contributed by atoms with E-state index in [9.17, 15) is 0 Å². The zero-order valence-corrected chi connectivity index (χ0v) is 21.2. The quantitative estimate of drug-likeness (QED) is 0.464. The molecule has 10 heteroatoms. The zero-order chi connectivity index (χ0) is 24.0. The Morgan fingerprint density at radius 1 is 1.12 bits per heavy atom. The topological polar surface area (TPSA) is 112 Å². The number of benzene rings is 1. The van der Waals surface area contributed by atoms with E-state index in [1.54, 1.807) is 7.11 Å². The molecule has 5 saturated heterocycles. The molecule has 2 bridgehead atoms. The van der Waals surface area contributed by atoms with E-state index in [-0.39, 0.29) is 12.3 Å². The van der Waals surface area contributed by atoms with Gasteiger partial charge in [0.2, 0.25) is 0 Å². The van der Waals surface area contributed by atoms with Crippen molar-refractivity contribution >= 4 is 17.3 Å². The summed E-state index contributed by atoms with van der Waals surface area (Å²) in [4.78, 5) is 9.26. The summed E-state index contributed by atoms with van der Waals surface area (Å²) in [5, 5.41) is 4.23. The monoisotopic (exact) mass is 492 g/mol. The van der Waals surface area contributed by atoms with Gasteiger partial charge in [-0.15, -0.1) is 0 Å². The van der Waals surface area contributed by atoms with Crippen LogP contribution in [0.3, 0.4) is 0 Å². The standard InChI is InChI=1S/C24H41ClN8O/c1-3-19(18-5-4-10-29-18)32-22(26)31(16-6-7-21(34-2)17(25)13-16)23(27)33(24(32)28)20-14-30-11-8-15(20)9-12-30/h6-7,13,15,18-20,22-24,29H,3-5,8-12,14,26-28H2,1-2H3. The van der Waals surface area contributed by atoms with E-state index in [1.807, 2.05) is 18.2 Å². The van der Waals surface area contributed by atoms with Gasteiger partial charge in [-0.05, 0) is 75.9 Å². The third-order valence-corrected chi connectivity index (χ3v) is 8.89. The van der Waals surface area contributed by atoms with Gasteiger partial charge in [-0.2, -0.15) is 0 Å². The lowest BCUT2D eigenvalue weighted by Gasteiger charge is -2.62. The van der Waals surface area contributed by atoms with Crippen molar-refractivity contribution in [3.8, 4) is 5.75 Å². The maximum absolute atomic E-state index is 7.10. The Morgan fingerprint density at radius 3 is 2.44 bits per heavy atom. The minimum Gasteiger partial charge on any atom is -0.495 e. The average Bonchev–Trinajstić information content (AvgIpc) is 3.37.